The molecule has 2 amide bonds. The third-order valence-electron chi connectivity index (χ3n) is 5.04. The second-order valence-corrected chi connectivity index (χ2v) is 6.59. The summed E-state index contributed by atoms with van der Waals surface area (Å²) in [5, 5.41) is 0. The number of carbonyl (C=O) groups excluding carboxylic acids is 2. The van der Waals surface area contributed by atoms with Crippen LogP contribution in [0.15, 0.2) is 72.3 Å². The molecule has 4 nitrogen and oxygen atoms in total. The molecule has 0 N–H and O–H groups in total. The third-order valence-corrected chi connectivity index (χ3v) is 5.04. The molecule has 0 bridgehead atoms. The Morgan fingerprint density at radius 2 is 1.48 bits per heavy atom. The maximum absolute atomic E-state index is 12.4. The van der Waals surface area contributed by atoms with Gasteiger partial charge < -0.3 is 4.74 Å². The van der Waals surface area contributed by atoms with Crippen LogP contribution in [0.4, 0.5) is 0 Å². The van der Waals surface area contributed by atoms with E-state index in [1.165, 1.54) is 11.0 Å². The van der Waals surface area contributed by atoms with Crippen LogP contribution >= 0.6 is 0 Å². The Hall–Kier alpha value is -2.72. The normalized spacial score (nSPS) is 22.7. The lowest BCUT2D eigenvalue weighted by molar-refractivity contribution is -0.139. The highest BCUT2D eigenvalue weighted by molar-refractivity contribution is 6.16. The van der Waals surface area contributed by atoms with Crippen LogP contribution in [0, 0.1) is 0 Å². The van der Waals surface area contributed by atoms with Crippen molar-refractivity contribution in [2.24, 2.45) is 0 Å². The van der Waals surface area contributed by atoms with Gasteiger partial charge in [-0.1, -0.05) is 60.7 Å². The van der Waals surface area contributed by atoms with Gasteiger partial charge in [0.2, 0.25) is 0 Å². The molecule has 4 rings (SSSR count). The SMILES string of the molecule is CC1=CC(=O)N(C(C)C2OC2(c2ccccc2)c2ccccc2)C1=O. The highest BCUT2D eigenvalue weighted by Gasteiger charge is 2.63. The van der Waals surface area contributed by atoms with Crippen LogP contribution in [-0.2, 0) is 19.9 Å². The molecule has 0 spiro atoms. The number of epoxide rings is 1. The quantitative estimate of drug-likeness (QED) is 0.638. The standard InChI is InChI=1S/C21H19NO3/c1-14-13-18(23)22(20(14)24)15(2)19-21(25-19,16-9-5-3-6-10-16)17-11-7-4-8-12-17/h3-13,15,19H,1-2H3. The zero-order valence-corrected chi connectivity index (χ0v) is 14.2. The summed E-state index contributed by atoms with van der Waals surface area (Å²) < 4.78 is 6.21. The molecule has 0 aliphatic carbocycles. The summed E-state index contributed by atoms with van der Waals surface area (Å²) in [7, 11) is 0. The summed E-state index contributed by atoms with van der Waals surface area (Å²) >= 11 is 0. The number of hydrogen-bond acceptors (Lipinski definition) is 3. The van der Waals surface area contributed by atoms with Gasteiger partial charge in [0.1, 0.15) is 11.7 Å². The fraction of sp³-hybridized carbons (Fsp3) is 0.238. The van der Waals surface area contributed by atoms with Crippen molar-refractivity contribution in [3.05, 3.63) is 83.4 Å². The highest BCUT2D eigenvalue weighted by atomic mass is 16.6. The molecule has 0 saturated carbocycles. The molecule has 2 unspecified atom stereocenters. The van der Waals surface area contributed by atoms with E-state index in [0.29, 0.717) is 5.57 Å². The Bertz CT molecular complexity index is 818. The molecule has 4 heteroatoms. The zero-order chi connectivity index (χ0) is 17.6. The van der Waals surface area contributed by atoms with Gasteiger partial charge in [-0.2, -0.15) is 0 Å². The van der Waals surface area contributed by atoms with Gasteiger partial charge in [-0.3, -0.25) is 14.5 Å². The molecule has 25 heavy (non-hydrogen) atoms. The first-order valence-electron chi connectivity index (χ1n) is 8.40. The van der Waals surface area contributed by atoms with Crippen molar-refractivity contribution < 1.29 is 14.3 Å². The van der Waals surface area contributed by atoms with E-state index in [9.17, 15) is 9.59 Å². The molecular formula is C21H19NO3. The molecule has 1 fully saturated rings. The average Bonchev–Trinajstić information content (AvgIpc) is 3.34. The molecule has 2 aromatic rings. The lowest BCUT2D eigenvalue weighted by atomic mass is 9.85. The van der Waals surface area contributed by atoms with Gasteiger partial charge in [0.25, 0.3) is 11.8 Å². The Morgan fingerprint density at radius 1 is 0.960 bits per heavy atom. The summed E-state index contributed by atoms with van der Waals surface area (Å²) in [6, 6.07) is 19.6. The van der Waals surface area contributed by atoms with Gasteiger partial charge in [-0.05, 0) is 25.0 Å². The van der Waals surface area contributed by atoms with E-state index in [4.69, 9.17) is 4.74 Å². The fourth-order valence-corrected chi connectivity index (χ4v) is 3.73. The fourth-order valence-electron chi connectivity index (χ4n) is 3.73. The maximum Gasteiger partial charge on any atom is 0.256 e. The predicted octanol–water partition coefficient (Wildman–Crippen LogP) is 3.03. The lowest BCUT2D eigenvalue weighted by Crippen LogP contribution is -2.43. The molecule has 0 aromatic heterocycles. The number of rotatable bonds is 4. The Balaban J connectivity index is 1.72. The van der Waals surface area contributed by atoms with Gasteiger partial charge in [-0.15, -0.1) is 0 Å². The van der Waals surface area contributed by atoms with E-state index < -0.39 is 5.60 Å². The summed E-state index contributed by atoms with van der Waals surface area (Å²) in [5.41, 5.74) is 1.91. The topological polar surface area (TPSA) is 49.9 Å². The van der Waals surface area contributed by atoms with Crippen molar-refractivity contribution in [1.29, 1.82) is 0 Å². The molecule has 126 valence electrons. The summed E-state index contributed by atoms with van der Waals surface area (Å²) in [6.45, 7) is 3.54. The smallest absolute Gasteiger partial charge is 0.256 e. The van der Waals surface area contributed by atoms with Crippen LogP contribution in [0.25, 0.3) is 0 Å². The van der Waals surface area contributed by atoms with Gasteiger partial charge in [0.05, 0.1) is 6.04 Å². The van der Waals surface area contributed by atoms with Crippen LogP contribution in [0.1, 0.15) is 25.0 Å². The van der Waals surface area contributed by atoms with Gasteiger partial charge in [0.15, 0.2) is 0 Å². The summed E-state index contributed by atoms with van der Waals surface area (Å²) in [5.74, 6) is -0.497. The van der Waals surface area contributed by atoms with Crippen LogP contribution in [0.5, 0.6) is 0 Å². The minimum absolute atomic E-state index is 0.233. The Labute approximate surface area is 146 Å². The molecular weight excluding hydrogens is 314 g/mol. The van der Waals surface area contributed by atoms with E-state index in [1.54, 1.807) is 6.92 Å². The molecule has 1 saturated heterocycles. The minimum atomic E-state index is -0.626. The van der Waals surface area contributed by atoms with E-state index >= 15 is 0 Å². The van der Waals surface area contributed by atoms with E-state index in [-0.39, 0.29) is 24.0 Å². The zero-order valence-electron chi connectivity index (χ0n) is 14.2. The van der Waals surface area contributed by atoms with Crippen molar-refractivity contribution in [2.45, 2.75) is 31.6 Å². The van der Waals surface area contributed by atoms with Gasteiger partial charge >= 0.3 is 0 Å². The number of nitrogens with zero attached hydrogens (tertiary/aromatic N) is 1. The molecule has 2 atom stereocenters. The van der Waals surface area contributed by atoms with Crippen molar-refractivity contribution in [3.63, 3.8) is 0 Å². The Kier molecular flexibility index (Phi) is 3.58. The number of ether oxygens (including phenoxy) is 1. The van der Waals surface area contributed by atoms with Crippen LogP contribution in [-0.4, -0.2) is 28.9 Å². The molecule has 0 radical (unpaired) electrons. The highest BCUT2D eigenvalue weighted by Crippen LogP contribution is 2.54. The number of carbonyl (C=O) groups is 2. The average molecular weight is 333 g/mol. The van der Waals surface area contributed by atoms with Crippen molar-refractivity contribution in [1.82, 2.24) is 4.90 Å². The van der Waals surface area contributed by atoms with Crippen molar-refractivity contribution in [2.75, 3.05) is 0 Å². The van der Waals surface area contributed by atoms with Crippen LogP contribution in [0.3, 0.4) is 0 Å². The number of imide groups is 1. The molecule has 2 aromatic carbocycles. The second-order valence-electron chi connectivity index (χ2n) is 6.59. The largest absolute Gasteiger partial charge is 0.354 e. The third kappa shape index (κ3) is 2.33. The maximum atomic E-state index is 12.4. The first-order valence-corrected chi connectivity index (χ1v) is 8.40. The first kappa shape index (κ1) is 15.8. The predicted molar refractivity (Wildman–Crippen MR) is 93.6 cm³/mol. The van der Waals surface area contributed by atoms with E-state index in [2.05, 4.69) is 0 Å². The number of benzene rings is 2. The van der Waals surface area contributed by atoms with Crippen molar-refractivity contribution in [3.8, 4) is 0 Å². The van der Waals surface area contributed by atoms with Crippen molar-refractivity contribution >= 4 is 11.8 Å². The minimum Gasteiger partial charge on any atom is -0.354 e. The van der Waals surface area contributed by atoms with Crippen LogP contribution in [0.2, 0.25) is 0 Å². The molecule has 2 aliphatic rings. The summed E-state index contributed by atoms with van der Waals surface area (Å²) in [4.78, 5) is 25.9. The molecule has 2 heterocycles. The number of hydrogen-bond donors (Lipinski definition) is 0. The van der Waals surface area contributed by atoms with Crippen LogP contribution < -0.4 is 0 Å². The van der Waals surface area contributed by atoms with E-state index in [1.807, 2.05) is 67.6 Å². The summed E-state index contributed by atoms with van der Waals surface area (Å²) in [6.07, 6.45) is 1.12. The first-order chi connectivity index (χ1) is 12.1. The number of amides is 2. The monoisotopic (exact) mass is 333 g/mol. The second kappa shape index (κ2) is 5.67. The van der Waals surface area contributed by atoms with E-state index in [0.717, 1.165) is 11.1 Å². The van der Waals surface area contributed by atoms with Gasteiger partial charge in [0, 0.05) is 11.6 Å². The lowest BCUT2D eigenvalue weighted by Gasteiger charge is -2.23. The Morgan fingerprint density at radius 3 is 1.92 bits per heavy atom. The molecule has 2 aliphatic heterocycles. The van der Waals surface area contributed by atoms with Gasteiger partial charge in [-0.25, -0.2) is 0 Å².